The summed E-state index contributed by atoms with van der Waals surface area (Å²) in [5.74, 6) is -2.14. The van der Waals surface area contributed by atoms with E-state index in [1.807, 2.05) is 24.3 Å². The lowest BCUT2D eigenvalue weighted by Gasteiger charge is -2.13. The van der Waals surface area contributed by atoms with Crippen LogP contribution < -0.4 is 9.05 Å². The van der Waals surface area contributed by atoms with Gasteiger partial charge in [-0.3, -0.25) is 14.5 Å². The van der Waals surface area contributed by atoms with Gasteiger partial charge in [-0.05, 0) is 35.4 Å². The van der Waals surface area contributed by atoms with Crippen molar-refractivity contribution in [2.45, 2.75) is 19.6 Å². The fourth-order valence-electron chi connectivity index (χ4n) is 3.04. The number of hydrogen-bond acceptors (Lipinski definition) is 8. The largest absolute Gasteiger partial charge is 0.584 e. The molecule has 0 unspecified atom stereocenters. The minimum Gasteiger partial charge on any atom is -0.460 e. The van der Waals surface area contributed by atoms with Crippen LogP contribution in [0.25, 0.3) is 0 Å². The number of hydrogen-bond donors (Lipinski definition) is 1. The van der Waals surface area contributed by atoms with E-state index in [0.29, 0.717) is 0 Å². The van der Waals surface area contributed by atoms with Crippen LogP contribution in [-0.2, 0) is 41.6 Å². The Morgan fingerprint density at radius 2 is 0.950 bits per heavy atom. The van der Waals surface area contributed by atoms with Gasteiger partial charge >= 0.3 is 19.8 Å². The Morgan fingerprint density at radius 1 is 0.575 bits per heavy atom. The van der Waals surface area contributed by atoms with Crippen LogP contribution in [0.1, 0.15) is 17.5 Å². The molecule has 0 aliphatic carbocycles. The maximum Gasteiger partial charge on any atom is 0.584 e. The van der Waals surface area contributed by atoms with Crippen LogP contribution in [0.4, 0.5) is 0 Å². The second kappa shape index (κ2) is 15.6. The van der Waals surface area contributed by atoms with Crippen LogP contribution in [0.5, 0.6) is 11.5 Å². The Morgan fingerprint density at radius 3 is 1.38 bits per heavy atom. The lowest BCUT2D eigenvalue weighted by molar-refractivity contribution is -0.159. The second-order valence-corrected chi connectivity index (χ2v) is 9.39. The summed E-state index contributed by atoms with van der Waals surface area (Å²) in [6.07, 6.45) is -0.625. The summed E-state index contributed by atoms with van der Waals surface area (Å²) >= 11 is 0. The molecule has 0 spiro atoms. The third-order valence-electron chi connectivity index (χ3n) is 4.92. The second-order valence-electron chi connectivity index (χ2n) is 8.09. The molecular formula is C30H27O9P. The predicted molar refractivity (Wildman–Crippen MR) is 146 cm³/mol. The number of esters is 2. The molecule has 0 amide bonds. The third kappa shape index (κ3) is 11.3. The smallest absolute Gasteiger partial charge is 0.460 e. The van der Waals surface area contributed by atoms with Crippen LogP contribution in [0.2, 0.25) is 0 Å². The van der Waals surface area contributed by atoms with Gasteiger partial charge in [-0.15, -0.1) is 0 Å². The van der Waals surface area contributed by atoms with Gasteiger partial charge in [-0.2, -0.15) is 0 Å². The first-order valence-corrected chi connectivity index (χ1v) is 13.6. The molecule has 10 heteroatoms. The highest BCUT2D eigenvalue weighted by Gasteiger charge is 2.24. The van der Waals surface area contributed by atoms with E-state index >= 15 is 0 Å². The monoisotopic (exact) mass is 562 g/mol. The molecule has 40 heavy (non-hydrogen) atoms. The molecule has 4 aromatic rings. The van der Waals surface area contributed by atoms with Crippen LogP contribution in [0, 0.1) is 0 Å². The molecule has 4 rings (SSSR count). The molecule has 0 saturated heterocycles. The number of phosphoric ester groups is 1. The first-order chi connectivity index (χ1) is 19.3. The fourth-order valence-corrected chi connectivity index (χ4v) is 3.86. The number of phosphoric acid groups is 1. The summed E-state index contributed by atoms with van der Waals surface area (Å²) in [5.41, 5.74) is 1.57. The standard InChI is InChI=1S/C18H16O5.C12H11O4P/c19-16(18(21)23-13-15-9-5-2-6-10-15)11-17(20)22-12-14-7-3-1-4-8-14;13-17(14,15-11-7-3-1-4-8-11)16-12-9-5-2-6-10-12/h1-10H,11-13H2;1-10H,(H,13,14). The van der Waals surface area contributed by atoms with Crippen molar-refractivity contribution in [1.82, 2.24) is 0 Å². The van der Waals surface area contributed by atoms with E-state index in [1.54, 1.807) is 97.1 Å². The number of benzene rings is 4. The van der Waals surface area contributed by atoms with Gasteiger partial charge in [0.1, 0.15) is 31.1 Å². The van der Waals surface area contributed by atoms with Crippen molar-refractivity contribution in [3.8, 4) is 11.5 Å². The fraction of sp³-hybridized carbons (Fsp3) is 0.100. The molecule has 1 N–H and O–H groups in total. The molecule has 0 aliphatic heterocycles. The SMILES string of the molecule is O=C(CC(=O)C(=O)OCc1ccccc1)OCc1ccccc1.O=P(O)(Oc1ccccc1)Oc1ccccc1. The quantitative estimate of drug-likeness (QED) is 0.106. The lowest BCUT2D eigenvalue weighted by atomic mass is 10.2. The van der Waals surface area contributed by atoms with Crippen LogP contribution in [-0.4, -0.2) is 22.6 Å². The molecule has 0 heterocycles. The molecule has 0 aromatic heterocycles. The Hall–Kier alpha value is -4.72. The first-order valence-electron chi connectivity index (χ1n) is 12.1. The zero-order chi connectivity index (χ0) is 28.6. The summed E-state index contributed by atoms with van der Waals surface area (Å²) < 4.78 is 31.3. The molecule has 0 saturated carbocycles. The van der Waals surface area contributed by atoms with E-state index in [-0.39, 0.29) is 24.7 Å². The number of carbonyl (C=O) groups is 3. The van der Waals surface area contributed by atoms with Gasteiger partial charge in [0.05, 0.1) is 0 Å². The van der Waals surface area contributed by atoms with Crippen LogP contribution >= 0.6 is 7.82 Å². The third-order valence-corrected chi connectivity index (χ3v) is 5.80. The van der Waals surface area contributed by atoms with Crippen molar-refractivity contribution < 1.29 is 42.4 Å². The number of rotatable bonds is 11. The topological polar surface area (TPSA) is 125 Å². The number of Topliss-reactive ketones (excluding diaryl/α,β-unsaturated/α-hetero) is 1. The van der Waals surface area contributed by atoms with Crippen molar-refractivity contribution in [1.29, 1.82) is 0 Å². The molecule has 0 bridgehead atoms. The normalized spacial score (nSPS) is 10.3. The molecule has 0 radical (unpaired) electrons. The highest BCUT2D eigenvalue weighted by Crippen LogP contribution is 2.44. The maximum absolute atomic E-state index is 11.7. The average Bonchev–Trinajstić information content (AvgIpc) is 2.97. The van der Waals surface area contributed by atoms with Crippen LogP contribution in [0.3, 0.4) is 0 Å². The summed E-state index contributed by atoms with van der Waals surface area (Å²) in [7, 11) is -4.14. The molecular weight excluding hydrogens is 535 g/mol. The van der Waals surface area contributed by atoms with Crippen molar-refractivity contribution in [3.05, 3.63) is 132 Å². The van der Waals surface area contributed by atoms with Gasteiger partial charge in [0.2, 0.25) is 0 Å². The van der Waals surface area contributed by atoms with Crippen LogP contribution in [0.15, 0.2) is 121 Å². The van der Waals surface area contributed by atoms with Crippen molar-refractivity contribution in [2.75, 3.05) is 0 Å². The lowest BCUT2D eigenvalue weighted by Crippen LogP contribution is -2.21. The number of para-hydroxylation sites is 2. The zero-order valence-corrected chi connectivity index (χ0v) is 22.2. The van der Waals surface area contributed by atoms with Crippen molar-refractivity contribution in [2.24, 2.45) is 0 Å². The number of ether oxygens (including phenoxy) is 2. The van der Waals surface area contributed by atoms with Crippen molar-refractivity contribution in [3.63, 3.8) is 0 Å². The van der Waals surface area contributed by atoms with Crippen molar-refractivity contribution >= 4 is 25.5 Å². The minimum absolute atomic E-state index is 0.00945. The average molecular weight is 563 g/mol. The Labute approximate surface area is 231 Å². The number of carbonyl (C=O) groups excluding carboxylic acids is 3. The highest BCUT2D eigenvalue weighted by atomic mass is 31.2. The van der Waals surface area contributed by atoms with Gasteiger partial charge in [0, 0.05) is 0 Å². The van der Waals surface area contributed by atoms with E-state index in [1.165, 1.54) is 0 Å². The summed E-state index contributed by atoms with van der Waals surface area (Å²) in [4.78, 5) is 44.2. The molecule has 206 valence electrons. The highest BCUT2D eigenvalue weighted by molar-refractivity contribution is 7.48. The molecule has 0 atom stereocenters. The van der Waals surface area contributed by atoms with Gasteiger partial charge in [0.25, 0.3) is 5.78 Å². The number of ketones is 1. The molecule has 0 aliphatic rings. The molecule has 0 fully saturated rings. The van der Waals surface area contributed by atoms with E-state index in [9.17, 15) is 23.8 Å². The summed E-state index contributed by atoms with van der Waals surface area (Å²) in [6, 6.07) is 34.7. The minimum atomic E-state index is -4.14. The maximum atomic E-state index is 11.7. The van der Waals surface area contributed by atoms with E-state index in [2.05, 4.69) is 0 Å². The Balaban J connectivity index is 0.000000230. The Kier molecular flexibility index (Phi) is 11.7. The zero-order valence-electron chi connectivity index (χ0n) is 21.3. The predicted octanol–water partition coefficient (Wildman–Crippen LogP) is 5.68. The van der Waals surface area contributed by atoms with Gasteiger partial charge in [0.15, 0.2) is 0 Å². The summed E-state index contributed by atoms with van der Waals surface area (Å²) in [5, 5.41) is 0. The molecule has 9 nitrogen and oxygen atoms in total. The summed E-state index contributed by atoms with van der Waals surface area (Å²) in [6.45, 7) is 0.0521. The van der Waals surface area contributed by atoms with Gasteiger partial charge in [-0.25, -0.2) is 9.36 Å². The molecule has 4 aromatic carbocycles. The Bertz CT molecular complexity index is 1350. The van der Waals surface area contributed by atoms with Gasteiger partial charge < -0.3 is 18.5 Å². The van der Waals surface area contributed by atoms with E-state index < -0.39 is 32.0 Å². The van der Waals surface area contributed by atoms with Gasteiger partial charge in [-0.1, -0.05) is 97.1 Å². The first kappa shape index (κ1) is 29.8. The van der Waals surface area contributed by atoms with E-state index in [4.69, 9.17) is 18.5 Å². The van der Waals surface area contributed by atoms with E-state index in [0.717, 1.165) is 11.1 Å².